The highest BCUT2D eigenvalue weighted by molar-refractivity contribution is 5.97. The SMILES string of the molecule is CCCC[C@H](NC(=O)[C@H](CNC(=O)CN(CC(=O)O)CC(=O)O)NC(=O)[C@H](Cc1ccc(O)cc1)NC(=O)[C@H](CCC(N)=O)NC(=O)[C@H](CO)NC(=O)CNC(=O)COCCOCCNC(=O)CCCCCCCCCCCCCCCc1nnn[nH]1)C(C)=O. The Hall–Kier alpha value is -8.23. The van der Waals surface area contributed by atoms with E-state index in [4.69, 9.17) is 15.2 Å². The van der Waals surface area contributed by atoms with Gasteiger partial charge in [0.05, 0.1) is 58.6 Å². The highest BCUT2D eigenvalue weighted by Crippen LogP contribution is 2.15. The van der Waals surface area contributed by atoms with Gasteiger partial charge in [-0.15, -0.1) is 5.10 Å². The number of nitrogens with two attached hydrogens (primary N) is 1. The maximum Gasteiger partial charge on any atom is 0.317 e. The molecule has 1 aromatic heterocycles. The second-order valence-electron chi connectivity index (χ2n) is 21.6. The molecule has 0 fully saturated rings. The number of aromatic hydroxyl groups is 1. The summed E-state index contributed by atoms with van der Waals surface area (Å²) in [7, 11) is 0. The number of rotatable bonds is 53. The van der Waals surface area contributed by atoms with Crippen LogP contribution in [0.1, 0.15) is 147 Å². The summed E-state index contributed by atoms with van der Waals surface area (Å²) in [5.41, 5.74) is 5.70. The number of Topliss-reactive ketones (excluding diaryl/α,β-unsaturated/α-hetero) is 1. The number of unbranched alkanes of at least 4 members (excludes halogenated alkanes) is 13. The highest BCUT2D eigenvalue weighted by Gasteiger charge is 2.33. The van der Waals surface area contributed by atoms with E-state index in [1.807, 2.05) is 6.92 Å². The zero-order valence-electron chi connectivity index (χ0n) is 51.7. The Balaban J connectivity index is 1.89. The van der Waals surface area contributed by atoms with Crippen LogP contribution in [-0.2, 0) is 79.8 Å². The number of primary amides is 1. The van der Waals surface area contributed by atoms with Crippen LogP contribution in [0.2, 0.25) is 0 Å². The third kappa shape index (κ3) is 37.6. The number of phenolic OH excluding ortho intramolecular Hbond substituents is 1. The third-order valence-corrected chi connectivity index (χ3v) is 13.9. The molecule has 0 aliphatic rings. The van der Waals surface area contributed by atoms with Crippen LogP contribution in [0, 0.1) is 0 Å². The molecule has 0 aliphatic carbocycles. The lowest BCUT2D eigenvalue weighted by Gasteiger charge is -2.27. The molecule has 32 nitrogen and oxygen atoms in total. The Morgan fingerprint density at radius 1 is 0.578 bits per heavy atom. The standard InChI is InChI=1S/C58H94N14O18/c1-3-4-18-42(39(2)74)64-57(87)45(32-61-51(79)34-72(35-53(81)82)36-54(83)84)67-56(86)44(31-40-21-23-41(75)24-22-40)66-55(85)43(25-26-47(59)76)65-58(88)46(37-73)63-50(78)33-62-52(80)38-90-30-29-89-28-27-60-49(77)20-17-15-13-11-9-7-5-6-8-10-12-14-16-19-48-68-70-71-69-48/h21-24,42-46,73,75H,3-20,25-38H2,1-2H3,(H2,59,76)(H,60,77)(H,61,79)(H,62,80)(H,63,78)(H,64,87)(H,65,88)(H,66,85)(H,67,86)(H,81,82)(H,83,84)(H,68,69,70,71)/t42-,43-,44-,45-,46-/m0/s1. The Kier molecular flexibility index (Phi) is 40.5. The number of nitrogens with one attached hydrogen (secondary N) is 9. The number of aromatic amines is 1. The van der Waals surface area contributed by atoms with Crippen molar-refractivity contribution in [1.29, 1.82) is 0 Å². The number of benzene rings is 1. The summed E-state index contributed by atoms with van der Waals surface area (Å²) in [5.74, 6) is -10.6. The fourth-order valence-corrected chi connectivity index (χ4v) is 8.95. The first-order valence-electron chi connectivity index (χ1n) is 30.6. The highest BCUT2D eigenvalue weighted by atomic mass is 16.5. The lowest BCUT2D eigenvalue weighted by Crippen LogP contribution is -2.61. The van der Waals surface area contributed by atoms with Gasteiger partial charge in [-0.1, -0.05) is 103 Å². The molecule has 90 heavy (non-hydrogen) atoms. The number of carboxylic acids is 2. The summed E-state index contributed by atoms with van der Waals surface area (Å²) in [4.78, 5) is 154. The second kappa shape index (κ2) is 46.8. The first kappa shape index (κ1) is 77.9. The Morgan fingerprint density at radius 3 is 1.71 bits per heavy atom. The van der Waals surface area contributed by atoms with Gasteiger partial charge in [0, 0.05) is 38.8 Å². The molecule has 0 bridgehead atoms. The largest absolute Gasteiger partial charge is 0.508 e. The number of H-pyrrole nitrogens is 1. The smallest absolute Gasteiger partial charge is 0.317 e. The molecule has 0 unspecified atom stereocenters. The van der Waals surface area contributed by atoms with Crippen LogP contribution in [-0.4, -0.2) is 219 Å². The van der Waals surface area contributed by atoms with Gasteiger partial charge < -0.3 is 78.2 Å². The number of aromatic nitrogens is 4. The van der Waals surface area contributed by atoms with E-state index in [9.17, 15) is 78.0 Å². The molecule has 1 heterocycles. The van der Waals surface area contributed by atoms with E-state index >= 15 is 0 Å². The van der Waals surface area contributed by atoms with Crippen LogP contribution in [0.4, 0.5) is 0 Å². The Bertz CT molecular complexity index is 2510. The summed E-state index contributed by atoms with van der Waals surface area (Å²) in [6.07, 6.45) is 16.4. The maximum absolute atomic E-state index is 14.3. The molecular weight excluding hydrogens is 1180 g/mol. The fraction of sp³-hybridized carbons (Fsp3) is 0.672. The van der Waals surface area contributed by atoms with Gasteiger partial charge in [0.25, 0.3) is 0 Å². The number of carboxylic acid groups (broad SMARTS) is 2. The van der Waals surface area contributed by atoms with Crippen LogP contribution < -0.4 is 48.3 Å². The molecule has 0 saturated heterocycles. The summed E-state index contributed by atoms with van der Waals surface area (Å²) >= 11 is 0. The van der Waals surface area contributed by atoms with Crippen molar-refractivity contribution < 1.29 is 87.4 Å². The van der Waals surface area contributed by atoms with Crippen LogP contribution in [0.5, 0.6) is 5.75 Å². The van der Waals surface area contributed by atoms with Gasteiger partial charge in [-0.05, 0) is 60.7 Å². The van der Waals surface area contributed by atoms with Crippen molar-refractivity contribution in [3.8, 4) is 5.75 Å². The summed E-state index contributed by atoms with van der Waals surface area (Å²) in [6, 6.07) is -2.49. The lowest BCUT2D eigenvalue weighted by atomic mass is 10.0. The number of aliphatic hydroxyl groups excluding tert-OH is 1. The van der Waals surface area contributed by atoms with Gasteiger partial charge in [0.2, 0.25) is 53.2 Å². The van der Waals surface area contributed by atoms with Crippen LogP contribution in [0.3, 0.4) is 0 Å². The number of tetrazole rings is 1. The van der Waals surface area contributed by atoms with Crippen molar-refractivity contribution >= 4 is 70.9 Å². The van der Waals surface area contributed by atoms with Gasteiger partial charge in [0.1, 0.15) is 42.3 Å². The molecule has 1 aromatic carbocycles. The van der Waals surface area contributed by atoms with Crippen molar-refractivity contribution in [1.82, 2.24) is 68.1 Å². The van der Waals surface area contributed by atoms with Gasteiger partial charge in [0.15, 0.2) is 5.78 Å². The van der Waals surface area contributed by atoms with Crippen molar-refractivity contribution in [3.63, 3.8) is 0 Å². The number of ether oxygens (including phenoxy) is 2. The second-order valence-corrected chi connectivity index (χ2v) is 21.6. The number of aliphatic carboxylic acids is 2. The first-order chi connectivity index (χ1) is 43.1. The molecule has 2 aromatic rings. The number of carbonyl (C=O) groups excluding carboxylic acids is 10. The number of hydrogen-bond acceptors (Lipinski definition) is 20. The van der Waals surface area contributed by atoms with E-state index in [0.717, 1.165) is 49.2 Å². The number of carbonyl (C=O) groups is 12. The van der Waals surface area contributed by atoms with E-state index in [2.05, 4.69) is 63.2 Å². The van der Waals surface area contributed by atoms with E-state index in [-0.39, 0.29) is 44.3 Å². The molecule has 32 heteroatoms. The zero-order valence-corrected chi connectivity index (χ0v) is 51.7. The number of amides is 9. The van der Waals surface area contributed by atoms with Crippen molar-refractivity contribution in [2.45, 2.75) is 179 Å². The summed E-state index contributed by atoms with van der Waals surface area (Å²) < 4.78 is 10.7. The fourth-order valence-electron chi connectivity index (χ4n) is 8.95. The number of aliphatic hydroxyl groups is 1. The minimum absolute atomic E-state index is 0.00726. The average Bonchev–Trinajstić information content (AvgIpc) is 2.95. The van der Waals surface area contributed by atoms with Crippen molar-refractivity contribution in [3.05, 3.63) is 35.7 Å². The minimum atomic E-state index is -1.73. The molecule has 9 amide bonds. The maximum atomic E-state index is 14.3. The summed E-state index contributed by atoms with van der Waals surface area (Å²) in [5, 5.41) is 71.8. The third-order valence-electron chi connectivity index (χ3n) is 13.9. The molecule has 504 valence electrons. The molecule has 15 N–H and O–H groups in total. The lowest BCUT2D eigenvalue weighted by molar-refractivity contribution is -0.142. The Morgan fingerprint density at radius 2 is 1.13 bits per heavy atom. The van der Waals surface area contributed by atoms with Gasteiger partial charge >= 0.3 is 11.9 Å². The molecular formula is C58H94N14O18. The van der Waals surface area contributed by atoms with E-state index < -0.39 is 154 Å². The quantitative estimate of drug-likeness (QED) is 0.0334. The molecule has 0 saturated carbocycles. The van der Waals surface area contributed by atoms with Crippen LogP contribution in [0.15, 0.2) is 24.3 Å². The van der Waals surface area contributed by atoms with Gasteiger partial charge in [-0.2, -0.15) is 0 Å². The van der Waals surface area contributed by atoms with E-state index in [0.29, 0.717) is 31.4 Å². The van der Waals surface area contributed by atoms with Crippen LogP contribution >= 0.6 is 0 Å². The number of hydrogen-bond donors (Lipinski definition) is 14. The summed E-state index contributed by atoms with van der Waals surface area (Å²) in [6.45, 7) is -1.63. The first-order valence-corrected chi connectivity index (χ1v) is 30.6. The molecule has 0 spiro atoms. The van der Waals surface area contributed by atoms with E-state index in [1.54, 1.807) is 0 Å². The molecule has 2 rings (SSSR count). The predicted molar refractivity (Wildman–Crippen MR) is 322 cm³/mol. The number of ketones is 1. The van der Waals surface area contributed by atoms with Crippen molar-refractivity contribution in [2.75, 3.05) is 72.3 Å². The minimum Gasteiger partial charge on any atom is -0.508 e. The molecule has 5 atom stereocenters. The predicted octanol–water partition coefficient (Wildman–Crippen LogP) is -1.53. The van der Waals surface area contributed by atoms with E-state index in [1.165, 1.54) is 82.6 Å². The van der Waals surface area contributed by atoms with Crippen LogP contribution in [0.25, 0.3) is 0 Å². The molecule has 0 radical (unpaired) electrons. The number of phenols is 1. The van der Waals surface area contributed by atoms with Gasteiger partial charge in [-0.3, -0.25) is 62.4 Å². The Labute approximate surface area is 523 Å². The van der Waals surface area contributed by atoms with Crippen molar-refractivity contribution in [2.24, 2.45) is 5.73 Å². The number of nitrogens with zero attached hydrogens (tertiary/aromatic N) is 4. The zero-order chi connectivity index (χ0) is 66.5. The van der Waals surface area contributed by atoms with Gasteiger partial charge in [-0.25, -0.2) is 5.10 Å². The normalized spacial score (nSPS) is 12.7. The molecule has 0 aliphatic heterocycles. The monoisotopic (exact) mass is 1270 g/mol. The average molecular weight is 1280 g/mol. The topological polar surface area (TPSA) is 484 Å². The number of aryl methyl sites for hydroxylation is 1.